The van der Waals surface area contributed by atoms with Crippen molar-refractivity contribution < 1.29 is 9.90 Å². The molecule has 1 heterocycles. The van der Waals surface area contributed by atoms with Gasteiger partial charge in [-0.3, -0.25) is 4.79 Å². The molecule has 4 heteroatoms. The molecule has 1 aromatic rings. The highest BCUT2D eigenvalue weighted by Crippen LogP contribution is 2.13. The molecular formula is C13H22N2O2. The molecule has 0 radical (unpaired) electrons. The SMILES string of the molecule is CCC(C)(C)NC(=O)Cn1cccc1C(C)O. The first kappa shape index (κ1) is 13.8. The van der Waals surface area contributed by atoms with Gasteiger partial charge in [-0.25, -0.2) is 0 Å². The Balaban J connectivity index is 2.65. The fraction of sp³-hybridized carbons (Fsp3) is 0.615. The topological polar surface area (TPSA) is 54.3 Å². The Labute approximate surface area is 103 Å². The van der Waals surface area contributed by atoms with Crippen LogP contribution in [0.3, 0.4) is 0 Å². The van der Waals surface area contributed by atoms with Crippen molar-refractivity contribution in [3.63, 3.8) is 0 Å². The zero-order valence-corrected chi connectivity index (χ0v) is 11.0. The van der Waals surface area contributed by atoms with Crippen molar-refractivity contribution in [1.82, 2.24) is 9.88 Å². The number of hydrogen-bond acceptors (Lipinski definition) is 2. The van der Waals surface area contributed by atoms with Crippen molar-refractivity contribution in [3.8, 4) is 0 Å². The lowest BCUT2D eigenvalue weighted by atomic mass is 10.0. The molecule has 2 N–H and O–H groups in total. The van der Waals surface area contributed by atoms with Gasteiger partial charge in [-0.05, 0) is 39.3 Å². The molecule has 0 spiro atoms. The van der Waals surface area contributed by atoms with Gasteiger partial charge in [0.15, 0.2) is 0 Å². The molecule has 0 fully saturated rings. The number of aliphatic hydroxyl groups excluding tert-OH is 1. The average molecular weight is 238 g/mol. The number of carbonyl (C=O) groups excluding carboxylic acids is 1. The molecule has 0 aliphatic heterocycles. The average Bonchev–Trinajstić information content (AvgIpc) is 2.65. The first-order valence-corrected chi connectivity index (χ1v) is 6.00. The highest BCUT2D eigenvalue weighted by atomic mass is 16.3. The Bertz CT molecular complexity index is 381. The number of aliphatic hydroxyl groups is 1. The van der Waals surface area contributed by atoms with Gasteiger partial charge in [-0.15, -0.1) is 0 Å². The third kappa shape index (κ3) is 3.89. The molecule has 17 heavy (non-hydrogen) atoms. The van der Waals surface area contributed by atoms with Crippen molar-refractivity contribution in [3.05, 3.63) is 24.0 Å². The van der Waals surface area contributed by atoms with Crippen LogP contribution in [0, 0.1) is 0 Å². The summed E-state index contributed by atoms with van der Waals surface area (Å²) in [6.45, 7) is 7.97. The predicted molar refractivity (Wildman–Crippen MR) is 67.6 cm³/mol. The Hall–Kier alpha value is -1.29. The van der Waals surface area contributed by atoms with E-state index in [4.69, 9.17) is 0 Å². The van der Waals surface area contributed by atoms with E-state index in [1.807, 2.05) is 32.9 Å². The van der Waals surface area contributed by atoms with Gasteiger partial charge in [0.25, 0.3) is 0 Å². The summed E-state index contributed by atoms with van der Waals surface area (Å²) in [6, 6.07) is 3.66. The van der Waals surface area contributed by atoms with Crippen LogP contribution < -0.4 is 5.32 Å². The van der Waals surface area contributed by atoms with Crippen molar-refractivity contribution in [1.29, 1.82) is 0 Å². The fourth-order valence-electron chi connectivity index (χ4n) is 1.61. The lowest BCUT2D eigenvalue weighted by Gasteiger charge is -2.25. The zero-order valence-electron chi connectivity index (χ0n) is 11.0. The quantitative estimate of drug-likeness (QED) is 0.822. The van der Waals surface area contributed by atoms with Gasteiger partial charge in [0.05, 0.1) is 6.10 Å². The third-order valence-electron chi connectivity index (χ3n) is 2.97. The molecule has 0 saturated heterocycles. The Morgan fingerprint density at radius 2 is 2.24 bits per heavy atom. The summed E-state index contributed by atoms with van der Waals surface area (Å²) in [6.07, 6.45) is 2.13. The van der Waals surface area contributed by atoms with Crippen molar-refractivity contribution >= 4 is 5.91 Å². The minimum absolute atomic E-state index is 0.0325. The number of hydrogen-bond donors (Lipinski definition) is 2. The maximum absolute atomic E-state index is 11.8. The van der Waals surface area contributed by atoms with Crippen LogP contribution in [0.5, 0.6) is 0 Å². The molecule has 1 amide bonds. The normalized spacial score (nSPS) is 13.5. The minimum Gasteiger partial charge on any atom is -0.387 e. The van der Waals surface area contributed by atoms with Crippen LogP contribution >= 0.6 is 0 Å². The molecule has 0 saturated carbocycles. The molecule has 0 aromatic carbocycles. The van der Waals surface area contributed by atoms with Crippen molar-refractivity contribution in [2.75, 3.05) is 0 Å². The van der Waals surface area contributed by atoms with E-state index in [9.17, 15) is 9.90 Å². The fourth-order valence-corrected chi connectivity index (χ4v) is 1.61. The molecule has 0 bridgehead atoms. The number of rotatable bonds is 5. The maximum atomic E-state index is 11.8. The van der Waals surface area contributed by atoms with Crippen LogP contribution in [0.25, 0.3) is 0 Å². The summed E-state index contributed by atoms with van der Waals surface area (Å²) in [5.41, 5.74) is 0.573. The Kier molecular flexibility index (Phi) is 4.34. The van der Waals surface area contributed by atoms with Crippen LogP contribution in [0.4, 0.5) is 0 Å². The van der Waals surface area contributed by atoms with E-state index in [0.29, 0.717) is 0 Å². The summed E-state index contributed by atoms with van der Waals surface area (Å²) < 4.78 is 1.77. The molecule has 1 atom stereocenters. The van der Waals surface area contributed by atoms with Gasteiger partial charge < -0.3 is 15.0 Å². The highest BCUT2D eigenvalue weighted by Gasteiger charge is 2.18. The monoisotopic (exact) mass is 238 g/mol. The first-order valence-electron chi connectivity index (χ1n) is 6.00. The molecule has 4 nitrogen and oxygen atoms in total. The van der Waals surface area contributed by atoms with Gasteiger partial charge in [-0.2, -0.15) is 0 Å². The van der Waals surface area contributed by atoms with E-state index in [1.54, 1.807) is 17.7 Å². The highest BCUT2D eigenvalue weighted by molar-refractivity contribution is 5.76. The number of aromatic nitrogens is 1. The Morgan fingerprint density at radius 1 is 1.59 bits per heavy atom. The predicted octanol–water partition coefficient (Wildman–Crippen LogP) is 1.85. The summed E-state index contributed by atoms with van der Waals surface area (Å²) in [5, 5.41) is 12.5. The summed E-state index contributed by atoms with van der Waals surface area (Å²) in [7, 11) is 0. The van der Waals surface area contributed by atoms with Crippen LogP contribution in [-0.4, -0.2) is 21.1 Å². The van der Waals surface area contributed by atoms with Crippen LogP contribution in [-0.2, 0) is 11.3 Å². The summed E-state index contributed by atoms with van der Waals surface area (Å²) >= 11 is 0. The largest absolute Gasteiger partial charge is 0.387 e. The smallest absolute Gasteiger partial charge is 0.240 e. The van der Waals surface area contributed by atoms with Gasteiger partial charge in [-0.1, -0.05) is 6.92 Å². The lowest BCUT2D eigenvalue weighted by molar-refractivity contribution is -0.123. The van der Waals surface area contributed by atoms with Crippen molar-refractivity contribution in [2.45, 2.75) is 52.3 Å². The van der Waals surface area contributed by atoms with Gasteiger partial charge in [0.2, 0.25) is 5.91 Å². The van der Waals surface area contributed by atoms with Crippen LogP contribution in [0.2, 0.25) is 0 Å². The van der Waals surface area contributed by atoms with E-state index in [2.05, 4.69) is 5.32 Å². The molecular weight excluding hydrogens is 216 g/mol. The number of nitrogens with zero attached hydrogens (tertiary/aromatic N) is 1. The van der Waals surface area contributed by atoms with Crippen molar-refractivity contribution in [2.24, 2.45) is 0 Å². The zero-order chi connectivity index (χ0) is 13.1. The standard InChI is InChI=1S/C13H22N2O2/c1-5-13(3,4)14-12(17)9-15-8-6-7-11(15)10(2)16/h6-8,10,16H,5,9H2,1-4H3,(H,14,17). The number of carbonyl (C=O) groups is 1. The number of nitrogens with one attached hydrogen (secondary N) is 1. The van der Waals surface area contributed by atoms with E-state index in [-0.39, 0.29) is 18.0 Å². The maximum Gasteiger partial charge on any atom is 0.240 e. The van der Waals surface area contributed by atoms with Crippen LogP contribution in [0.1, 0.15) is 45.9 Å². The molecule has 0 aliphatic rings. The summed E-state index contributed by atoms with van der Waals surface area (Å²) in [4.78, 5) is 11.8. The van der Waals surface area contributed by atoms with E-state index in [0.717, 1.165) is 12.1 Å². The molecule has 96 valence electrons. The Morgan fingerprint density at radius 3 is 2.76 bits per heavy atom. The number of amides is 1. The van der Waals surface area contributed by atoms with Crippen LogP contribution in [0.15, 0.2) is 18.3 Å². The third-order valence-corrected chi connectivity index (χ3v) is 2.97. The second-order valence-corrected chi connectivity index (χ2v) is 5.02. The second-order valence-electron chi connectivity index (χ2n) is 5.02. The van der Waals surface area contributed by atoms with Gasteiger partial charge in [0.1, 0.15) is 6.54 Å². The van der Waals surface area contributed by atoms with Gasteiger partial charge in [0, 0.05) is 17.4 Å². The van der Waals surface area contributed by atoms with E-state index < -0.39 is 6.10 Å². The molecule has 0 aliphatic carbocycles. The second kappa shape index (κ2) is 5.36. The van der Waals surface area contributed by atoms with Gasteiger partial charge >= 0.3 is 0 Å². The minimum atomic E-state index is -0.558. The molecule has 1 unspecified atom stereocenters. The molecule has 1 aromatic heterocycles. The molecule has 1 rings (SSSR count). The lowest BCUT2D eigenvalue weighted by Crippen LogP contribution is -2.44. The first-order chi connectivity index (χ1) is 7.85. The van der Waals surface area contributed by atoms with E-state index >= 15 is 0 Å². The summed E-state index contributed by atoms with van der Waals surface area (Å²) in [5.74, 6) is -0.0325. The van der Waals surface area contributed by atoms with E-state index in [1.165, 1.54) is 0 Å².